The average Bonchev–Trinajstić information content (AvgIpc) is 2.67. The number of methoxy groups -OCH3 is 1. The first kappa shape index (κ1) is 10.6. The fourth-order valence-corrected chi connectivity index (χ4v) is 2.48. The summed E-state index contributed by atoms with van der Waals surface area (Å²) >= 11 is 0. The van der Waals surface area contributed by atoms with Crippen LogP contribution < -0.4 is 4.74 Å². The van der Waals surface area contributed by atoms with Crippen LogP contribution in [0.3, 0.4) is 0 Å². The van der Waals surface area contributed by atoms with Gasteiger partial charge in [-0.15, -0.1) is 0 Å². The zero-order valence-electron chi connectivity index (χ0n) is 10.4. The standard InChI is InChI=1S/C13H17N3O/c1-8-6-9-11(7-16(8)2)14-10-4-5-12(17-3)15-13(9)10/h4-5,8,14H,6-7H2,1-3H3/t8-/m1/s1. The van der Waals surface area contributed by atoms with Gasteiger partial charge in [0.15, 0.2) is 0 Å². The lowest BCUT2D eigenvalue weighted by atomic mass is 10.0. The first-order chi connectivity index (χ1) is 8.19. The van der Waals surface area contributed by atoms with Crippen LogP contribution in [0.15, 0.2) is 12.1 Å². The predicted octanol–water partition coefficient (Wildman–Crippen LogP) is 1.95. The normalized spacial score (nSPS) is 20.5. The van der Waals surface area contributed by atoms with Gasteiger partial charge in [-0.25, -0.2) is 4.98 Å². The summed E-state index contributed by atoms with van der Waals surface area (Å²) in [5.74, 6) is 0.686. The van der Waals surface area contributed by atoms with Gasteiger partial charge in [0.1, 0.15) is 0 Å². The molecule has 0 bridgehead atoms. The van der Waals surface area contributed by atoms with Crippen molar-refractivity contribution in [2.45, 2.75) is 25.9 Å². The third-order valence-electron chi connectivity index (χ3n) is 3.67. The molecule has 0 amide bonds. The van der Waals surface area contributed by atoms with E-state index >= 15 is 0 Å². The molecule has 0 unspecified atom stereocenters. The molecule has 1 aliphatic heterocycles. The van der Waals surface area contributed by atoms with Crippen molar-refractivity contribution in [3.8, 4) is 5.88 Å². The number of ether oxygens (including phenoxy) is 1. The summed E-state index contributed by atoms with van der Waals surface area (Å²) in [6.07, 6.45) is 1.05. The summed E-state index contributed by atoms with van der Waals surface area (Å²) in [6.45, 7) is 3.22. The molecule has 0 fully saturated rings. The minimum Gasteiger partial charge on any atom is -0.481 e. The molecule has 0 aliphatic carbocycles. The van der Waals surface area contributed by atoms with E-state index in [1.807, 2.05) is 12.1 Å². The van der Waals surface area contributed by atoms with Crippen LogP contribution in [-0.2, 0) is 13.0 Å². The smallest absolute Gasteiger partial charge is 0.213 e. The molecule has 3 rings (SSSR count). The van der Waals surface area contributed by atoms with Crippen LogP contribution in [0.1, 0.15) is 18.2 Å². The van der Waals surface area contributed by atoms with Gasteiger partial charge in [0.2, 0.25) is 5.88 Å². The lowest BCUT2D eigenvalue weighted by Crippen LogP contribution is -2.34. The van der Waals surface area contributed by atoms with Gasteiger partial charge in [-0.05, 0) is 26.5 Å². The summed E-state index contributed by atoms with van der Waals surface area (Å²) in [6, 6.07) is 4.51. The Kier molecular flexibility index (Phi) is 2.33. The highest BCUT2D eigenvalue weighted by molar-refractivity contribution is 5.81. The Balaban J connectivity index is 2.17. The fourth-order valence-electron chi connectivity index (χ4n) is 2.48. The number of pyridine rings is 1. The quantitative estimate of drug-likeness (QED) is 0.815. The van der Waals surface area contributed by atoms with Crippen molar-refractivity contribution < 1.29 is 4.74 Å². The first-order valence-electron chi connectivity index (χ1n) is 5.93. The topological polar surface area (TPSA) is 41.1 Å². The van der Waals surface area contributed by atoms with Gasteiger partial charge in [0.25, 0.3) is 0 Å². The number of likely N-dealkylation sites (N-methyl/N-ethyl adjacent to an activating group) is 1. The molecule has 0 spiro atoms. The van der Waals surface area contributed by atoms with Crippen LogP contribution in [0.5, 0.6) is 5.88 Å². The second kappa shape index (κ2) is 3.74. The Labute approximate surface area is 101 Å². The summed E-state index contributed by atoms with van der Waals surface area (Å²) in [5, 5.41) is 0. The SMILES string of the molecule is COc1ccc2[nH]c3c(c2n1)C[C@@H](C)N(C)C3. The molecule has 1 atom stereocenters. The molecule has 0 saturated heterocycles. The molecule has 4 nitrogen and oxygen atoms in total. The number of aromatic nitrogens is 2. The summed E-state index contributed by atoms with van der Waals surface area (Å²) < 4.78 is 5.20. The predicted molar refractivity (Wildman–Crippen MR) is 67.3 cm³/mol. The minimum absolute atomic E-state index is 0.564. The largest absolute Gasteiger partial charge is 0.481 e. The Morgan fingerprint density at radius 1 is 1.47 bits per heavy atom. The Bertz CT molecular complexity index is 561. The van der Waals surface area contributed by atoms with E-state index in [0.717, 1.165) is 24.0 Å². The average molecular weight is 231 g/mol. The number of H-pyrrole nitrogens is 1. The Hall–Kier alpha value is -1.55. The molecule has 0 radical (unpaired) electrons. The van der Waals surface area contributed by atoms with E-state index in [2.05, 4.69) is 28.8 Å². The number of nitrogens with zero attached hydrogens (tertiary/aromatic N) is 2. The van der Waals surface area contributed by atoms with E-state index in [9.17, 15) is 0 Å². The Morgan fingerprint density at radius 2 is 2.29 bits per heavy atom. The second-order valence-corrected chi connectivity index (χ2v) is 4.80. The number of fused-ring (bicyclic) bond motifs is 3. The minimum atomic E-state index is 0.564. The number of nitrogens with one attached hydrogen (secondary N) is 1. The molecule has 90 valence electrons. The number of hydrogen-bond acceptors (Lipinski definition) is 3. The van der Waals surface area contributed by atoms with Crippen molar-refractivity contribution in [3.63, 3.8) is 0 Å². The highest BCUT2D eigenvalue weighted by Crippen LogP contribution is 2.29. The van der Waals surface area contributed by atoms with Crippen LogP contribution in [0.2, 0.25) is 0 Å². The van der Waals surface area contributed by atoms with Crippen molar-refractivity contribution >= 4 is 11.0 Å². The van der Waals surface area contributed by atoms with Crippen molar-refractivity contribution in [1.29, 1.82) is 0 Å². The molecule has 1 N–H and O–H groups in total. The van der Waals surface area contributed by atoms with Gasteiger partial charge in [-0.3, -0.25) is 4.90 Å². The van der Waals surface area contributed by atoms with Crippen molar-refractivity contribution in [2.75, 3.05) is 14.2 Å². The van der Waals surface area contributed by atoms with Crippen molar-refractivity contribution in [3.05, 3.63) is 23.4 Å². The third-order valence-corrected chi connectivity index (χ3v) is 3.67. The van der Waals surface area contributed by atoms with E-state index < -0.39 is 0 Å². The van der Waals surface area contributed by atoms with Gasteiger partial charge >= 0.3 is 0 Å². The highest BCUT2D eigenvalue weighted by atomic mass is 16.5. The van der Waals surface area contributed by atoms with Gasteiger partial charge in [-0.1, -0.05) is 0 Å². The molecule has 3 heterocycles. The van der Waals surface area contributed by atoms with Gasteiger partial charge in [-0.2, -0.15) is 0 Å². The maximum atomic E-state index is 5.20. The van der Waals surface area contributed by atoms with Crippen LogP contribution in [0.25, 0.3) is 11.0 Å². The molecule has 0 saturated carbocycles. The van der Waals surface area contributed by atoms with Gasteiger partial charge < -0.3 is 9.72 Å². The summed E-state index contributed by atoms with van der Waals surface area (Å²) in [7, 11) is 3.82. The Morgan fingerprint density at radius 3 is 3.06 bits per heavy atom. The number of rotatable bonds is 1. The maximum absolute atomic E-state index is 5.20. The van der Waals surface area contributed by atoms with E-state index in [1.165, 1.54) is 11.3 Å². The van der Waals surface area contributed by atoms with Crippen LogP contribution in [0.4, 0.5) is 0 Å². The van der Waals surface area contributed by atoms with Gasteiger partial charge in [0.05, 0.1) is 18.1 Å². The molecule has 17 heavy (non-hydrogen) atoms. The maximum Gasteiger partial charge on any atom is 0.213 e. The van der Waals surface area contributed by atoms with E-state index in [0.29, 0.717) is 11.9 Å². The number of aromatic amines is 1. The summed E-state index contributed by atoms with van der Waals surface area (Å²) in [4.78, 5) is 10.4. The monoisotopic (exact) mass is 231 g/mol. The molecule has 2 aromatic rings. The van der Waals surface area contributed by atoms with Crippen LogP contribution in [-0.4, -0.2) is 35.1 Å². The van der Waals surface area contributed by atoms with Crippen molar-refractivity contribution in [1.82, 2.24) is 14.9 Å². The van der Waals surface area contributed by atoms with Crippen molar-refractivity contribution in [2.24, 2.45) is 0 Å². The number of hydrogen-bond donors (Lipinski definition) is 1. The van der Waals surface area contributed by atoms with Crippen LogP contribution in [0, 0.1) is 0 Å². The molecular weight excluding hydrogens is 214 g/mol. The van der Waals surface area contributed by atoms with E-state index in [-0.39, 0.29) is 0 Å². The zero-order valence-corrected chi connectivity index (χ0v) is 10.4. The first-order valence-corrected chi connectivity index (χ1v) is 5.93. The van der Waals surface area contributed by atoms with E-state index in [1.54, 1.807) is 7.11 Å². The fraction of sp³-hybridized carbons (Fsp3) is 0.462. The van der Waals surface area contributed by atoms with Gasteiger partial charge in [0, 0.05) is 29.9 Å². The second-order valence-electron chi connectivity index (χ2n) is 4.80. The van der Waals surface area contributed by atoms with Crippen LogP contribution >= 0.6 is 0 Å². The molecular formula is C13H17N3O. The summed E-state index contributed by atoms with van der Waals surface area (Å²) in [5.41, 5.74) is 4.82. The zero-order chi connectivity index (χ0) is 12.0. The molecule has 1 aliphatic rings. The molecule has 4 heteroatoms. The molecule has 0 aromatic carbocycles. The lowest BCUT2D eigenvalue weighted by Gasteiger charge is -2.29. The highest BCUT2D eigenvalue weighted by Gasteiger charge is 2.24. The van der Waals surface area contributed by atoms with E-state index in [4.69, 9.17) is 4.74 Å². The molecule has 2 aromatic heterocycles. The lowest BCUT2D eigenvalue weighted by molar-refractivity contribution is 0.229. The third kappa shape index (κ3) is 1.60.